The van der Waals surface area contributed by atoms with E-state index in [-0.39, 0.29) is 11.9 Å². The number of halogens is 3. The normalized spacial score (nSPS) is 23.8. The monoisotopic (exact) mass is 472 g/mol. The Morgan fingerprint density at radius 2 is 1.91 bits per heavy atom. The van der Waals surface area contributed by atoms with Crippen molar-refractivity contribution in [3.8, 4) is 0 Å². The van der Waals surface area contributed by atoms with Crippen LogP contribution in [0.15, 0.2) is 42.6 Å². The van der Waals surface area contributed by atoms with Crippen LogP contribution in [0.1, 0.15) is 48.9 Å². The van der Waals surface area contributed by atoms with Crippen LogP contribution in [0, 0.1) is 5.92 Å². The third kappa shape index (κ3) is 4.78. The maximum absolute atomic E-state index is 13.4. The number of nitrogens with one attached hydrogen (secondary N) is 1. The van der Waals surface area contributed by atoms with Crippen LogP contribution in [0.3, 0.4) is 0 Å². The summed E-state index contributed by atoms with van der Waals surface area (Å²) in [6.45, 7) is 2.69. The number of anilines is 1. The van der Waals surface area contributed by atoms with Crippen LogP contribution in [0.5, 0.6) is 0 Å². The van der Waals surface area contributed by atoms with Gasteiger partial charge in [-0.05, 0) is 55.2 Å². The Balaban J connectivity index is 1.41. The van der Waals surface area contributed by atoms with Crippen molar-refractivity contribution in [1.82, 2.24) is 15.2 Å². The van der Waals surface area contributed by atoms with E-state index in [9.17, 15) is 18.0 Å². The van der Waals surface area contributed by atoms with Crippen LogP contribution in [0.4, 0.5) is 18.9 Å². The van der Waals surface area contributed by atoms with Gasteiger partial charge >= 0.3 is 6.18 Å². The summed E-state index contributed by atoms with van der Waals surface area (Å²) in [6, 6.07) is 10.0. The summed E-state index contributed by atoms with van der Waals surface area (Å²) in [5.74, 6) is -0.528. The lowest BCUT2D eigenvalue weighted by Gasteiger charge is -2.51. The van der Waals surface area contributed by atoms with Crippen LogP contribution in [0.25, 0.3) is 0 Å². The zero-order chi connectivity index (χ0) is 23.7. The Labute approximate surface area is 198 Å². The highest BCUT2D eigenvalue weighted by molar-refractivity contribution is 5.82. The van der Waals surface area contributed by atoms with Gasteiger partial charge in [0.25, 0.3) is 0 Å². The minimum atomic E-state index is -4.40. The second-order valence-corrected chi connectivity index (χ2v) is 9.74. The molecule has 182 valence electrons. The third-order valence-electron chi connectivity index (χ3n) is 7.67. The highest BCUT2D eigenvalue weighted by Crippen LogP contribution is 2.40. The second-order valence-electron chi connectivity index (χ2n) is 9.74. The first-order valence-electron chi connectivity index (χ1n) is 12.3. The zero-order valence-corrected chi connectivity index (χ0v) is 19.2. The molecule has 1 aliphatic carbocycles. The van der Waals surface area contributed by atoms with Crippen LogP contribution >= 0.6 is 0 Å². The molecule has 0 radical (unpaired) electrons. The van der Waals surface area contributed by atoms with Gasteiger partial charge in [-0.25, -0.2) is 0 Å². The number of fused-ring (bicyclic) bond motifs is 3. The molecule has 34 heavy (non-hydrogen) atoms. The SMILES string of the molecule is O=C(NCc1ccccn1)C1Cc2cc(C(F)(F)F)ccc2N2CCN(C3CCCCC3)CC12. The summed E-state index contributed by atoms with van der Waals surface area (Å²) in [5, 5.41) is 3.00. The lowest BCUT2D eigenvalue weighted by atomic mass is 9.82. The number of hydrogen-bond acceptors (Lipinski definition) is 4. The number of alkyl halides is 3. The van der Waals surface area contributed by atoms with Crippen LogP contribution in [0.2, 0.25) is 0 Å². The molecule has 2 aromatic rings. The summed E-state index contributed by atoms with van der Waals surface area (Å²) in [5.41, 5.74) is 1.55. The Kier molecular flexibility index (Phi) is 6.51. The van der Waals surface area contributed by atoms with Crippen molar-refractivity contribution >= 4 is 11.6 Å². The minimum absolute atomic E-state index is 0.0522. The molecule has 2 aliphatic heterocycles. The molecule has 1 aromatic carbocycles. The van der Waals surface area contributed by atoms with Crippen LogP contribution in [-0.2, 0) is 23.9 Å². The molecule has 0 bridgehead atoms. The largest absolute Gasteiger partial charge is 0.416 e. The molecule has 1 aromatic heterocycles. The number of carbonyl (C=O) groups is 1. The first-order valence-corrected chi connectivity index (χ1v) is 12.3. The summed E-state index contributed by atoms with van der Waals surface area (Å²) < 4.78 is 40.2. The van der Waals surface area contributed by atoms with E-state index in [1.807, 2.05) is 18.2 Å². The second kappa shape index (κ2) is 9.56. The number of aromatic nitrogens is 1. The van der Waals surface area contributed by atoms with Crippen LogP contribution in [-0.4, -0.2) is 47.5 Å². The maximum Gasteiger partial charge on any atom is 0.416 e. The van der Waals surface area contributed by atoms with E-state index in [0.717, 1.165) is 31.0 Å². The fourth-order valence-corrected chi connectivity index (χ4v) is 5.91. The van der Waals surface area contributed by atoms with Gasteiger partial charge in [0.2, 0.25) is 5.91 Å². The summed E-state index contributed by atoms with van der Waals surface area (Å²) in [4.78, 5) is 22.4. The van der Waals surface area contributed by atoms with Gasteiger partial charge in [-0.1, -0.05) is 25.3 Å². The molecular weight excluding hydrogens is 441 g/mol. The lowest BCUT2D eigenvalue weighted by molar-refractivity contribution is -0.137. The smallest absolute Gasteiger partial charge is 0.365 e. The number of carbonyl (C=O) groups excluding carboxylic acids is 1. The molecule has 2 fully saturated rings. The van der Waals surface area contributed by atoms with Gasteiger partial charge in [0.05, 0.1) is 29.8 Å². The topological polar surface area (TPSA) is 48.5 Å². The maximum atomic E-state index is 13.4. The standard InChI is InChI=1S/C26H31F3N4O/c27-26(28,29)19-9-10-23-18(14-19)15-22(25(34)31-16-20-6-4-5-11-30-20)24-17-32(12-13-33(23)24)21-7-2-1-3-8-21/h4-6,9-11,14,21-22,24H,1-3,7-8,12-13,15-17H2,(H,31,34). The Morgan fingerprint density at radius 1 is 1.09 bits per heavy atom. The molecule has 5 rings (SSSR count). The fraction of sp³-hybridized carbons (Fsp3) is 0.538. The number of rotatable bonds is 4. The first-order chi connectivity index (χ1) is 16.4. The van der Waals surface area contributed by atoms with Crippen molar-refractivity contribution in [3.63, 3.8) is 0 Å². The minimum Gasteiger partial charge on any atom is -0.365 e. The van der Waals surface area contributed by atoms with Gasteiger partial charge in [-0.2, -0.15) is 13.2 Å². The number of piperazine rings is 1. The number of pyridine rings is 1. The zero-order valence-electron chi connectivity index (χ0n) is 19.2. The predicted octanol–water partition coefficient (Wildman–Crippen LogP) is 4.41. The molecule has 3 aliphatic rings. The molecule has 2 atom stereocenters. The number of nitrogens with zero attached hydrogens (tertiary/aromatic N) is 3. The van der Waals surface area contributed by atoms with Crippen molar-refractivity contribution in [2.75, 3.05) is 24.5 Å². The van der Waals surface area contributed by atoms with Crippen molar-refractivity contribution in [2.24, 2.45) is 5.92 Å². The van der Waals surface area contributed by atoms with Crippen molar-refractivity contribution in [3.05, 3.63) is 59.4 Å². The van der Waals surface area contributed by atoms with Crippen molar-refractivity contribution in [1.29, 1.82) is 0 Å². The van der Waals surface area contributed by atoms with E-state index in [1.165, 1.54) is 44.2 Å². The van der Waals surface area contributed by atoms with E-state index in [4.69, 9.17) is 0 Å². The molecule has 3 heterocycles. The predicted molar refractivity (Wildman–Crippen MR) is 124 cm³/mol. The molecule has 2 unspecified atom stereocenters. The highest BCUT2D eigenvalue weighted by Gasteiger charge is 2.43. The van der Waals surface area contributed by atoms with Crippen LogP contribution < -0.4 is 10.2 Å². The highest BCUT2D eigenvalue weighted by atomic mass is 19.4. The summed E-state index contributed by atoms with van der Waals surface area (Å²) in [7, 11) is 0. The lowest BCUT2D eigenvalue weighted by Crippen LogP contribution is -2.62. The van der Waals surface area contributed by atoms with Gasteiger partial charge in [-0.3, -0.25) is 14.7 Å². The van der Waals surface area contributed by atoms with Gasteiger partial charge in [-0.15, -0.1) is 0 Å². The van der Waals surface area contributed by atoms with Gasteiger partial charge in [0, 0.05) is 37.6 Å². The molecule has 1 N–H and O–H groups in total. The quantitative estimate of drug-likeness (QED) is 0.716. The van der Waals surface area contributed by atoms with E-state index in [0.29, 0.717) is 24.6 Å². The Bertz CT molecular complexity index is 1010. The molecular formula is C26H31F3N4O. The van der Waals surface area contributed by atoms with E-state index >= 15 is 0 Å². The number of hydrogen-bond donors (Lipinski definition) is 1. The average molecular weight is 473 g/mol. The van der Waals surface area contributed by atoms with E-state index in [1.54, 1.807) is 12.3 Å². The van der Waals surface area contributed by atoms with Gasteiger partial charge in [0.1, 0.15) is 0 Å². The molecule has 1 saturated carbocycles. The van der Waals surface area contributed by atoms with Crippen molar-refractivity contribution < 1.29 is 18.0 Å². The Morgan fingerprint density at radius 3 is 2.65 bits per heavy atom. The Hall–Kier alpha value is -2.61. The molecule has 8 heteroatoms. The molecule has 5 nitrogen and oxygen atoms in total. The fourth-order valence-electron chi connectivity index (χ4n) is 5.91. The first kappa shape index (κ1) is 23.1. The number of amides is 1. The van der Waals surface area contributed by atoms with Gasteiger partial charge < -0.3 is 10.2 Å². The molecule has 1 saturated heterocycles. The molecule has 0 spiro atoms. The summed E-state index contributed by atoms with van der Waals surface area (Å²) >= 11 is 0. The summed E-state index contributed by atoms with van der Waals surface area (Å²) in [6.07, 6.45) is 3.74. The average Bonchev–Trinajstić information content (AvgIpc) is 2.86. The van der Waals surface area contributed by atoms with E-state index in [2.05, 4.69) is 20.1 Å². The van der Waals surface area contributed by atoms with Crippen molar-refractivity contribution in [2.45, 2.75) is 63.3 Å². The molecule has 1 amide bonds. The van der Waals surface area contributed by atoms with Gasteiger partial charge in [0.15, 0.2) is 0 Å². The number of benzene rings is 1. The van der Waals surface area contributed by atoms with E-state index < -0.39 is 17.7 Å². The third-order valence-corrected chi connectivity index (χ3v) is 7.67.